The zero-order chi connectivity index (χ0) is 8.69. The molecule has 0 aromatic heterocycles. The van der Waals surface area contributed by atoms with E-state index in [1.807, 2.05) is 6.07 Å². The van der Waals surface area contributed by atoms with Crippen LogP contribution in [0, 0.1) is 11.3 Å². The van der Waals surface area contributed by atoms with Gasteiger partial charge in [0, 0.05) is 18.4 Å². The Balaban J connectivity index is 3.67. The summed E-state index contributed by atoms with van der Waals surface area (Å²) in [5, 5.41) is 8.29. The third-order valence-corrected chi connectivity index (χ3v) is 1.06. The van der Waals surface area contributed by atoms with Crippen molar-refractivity contribution in [2.24, 2.45) is 11.6 Å². The SMILES string of the molecule is CN(CC#N)C/C(N)=C/NN. The first-order valence-electron chi connectivity index (χ1n) is 3.17. The molecule has 0 bridgehead atoms. The van der Waals surface area contributed by atoms with Crippen LogP contribution < -0.4 is 17.0 Å². The van der Waals surface area contributed by atoms with Gasteiger partial charge < -0.3 is 11.2 Å². The molecule has 0 fully saturated rings. The molecule has 0 aromatic carbocycles. The molecule has 0 aromatic rings. The first-order chi connectivity index (χ1) is 5.20. The van der Waals surface area contributed by atoms with Crippen molar-refractivity contribution >= 4 is 0 Å². The summed E-state index contributed by atoms with van der Waals surface area (Å²) in [5.74, 6) is 4.99. The highest BCUT2D eigenvalue weighted by Crippen LogP contribution is 1.86. The molecule has 0 heterocycles. The second-order valence-electron chi connectivity index (χ2n) is 2.22. The molecule has 0 amide bonds. The predicted octanol–water partition coefficient (Wildman–Crippen LogP) is -1.29. The van der Waals surface area contributed by atoms with E-state index in [-0.39, 0.29) is 0 Å². The third-order valence-electron chi connectivity index (χ3n) is 1.06. The van der Waals surface area contributed by atoms with Gasteiger partial charge in [-0.1, -0.05) is 0 Å². The first-order valence-corrected chi connectivity index (χ1v) is 3.17. The Hall–Kier alpha value is -1.25. The second kappa shape index (κ2) is 5.53. The fourth-order valence-electron chi connectivity index (χ4n) is 0.641. The molecule has 0 saturated heterocycles. The number of hydrogen-bond donors (Lipinski definition) is 3. The Morgan fingerprint density at radius 1 is 1.82 bits per heavy atom. The van der Waals surface area contributed by atoms with Gasteiger partial charge in [-0.25, -0.2) is 0 Å². The van der Waals surface area contributed by atoms with Gasteiger partial charge in [-0.3, -0.25) is 10.7 Å². The van der Waals surface area contributed by atoms with Crippen LogP contribution in [0.25, 0.3) is 0 Å². The monoisotopic (exact) mass is 155 g/mol. The van der Waals surface area contributed by atoms with Crippen molar-refractivity contribution in [1.82, 2.24) is 10.3 Å². The lowest BCUT2D eigenvalue weighted by Crippen LogP contribution is -2.26. The molecule has 5 N–H and O–H groups in total. The van der Waals surface area contributed by atoms with Gasteiger partial charge in [-0.05, 0) is 7.05 Å². The number of hydrazine groups is 1. The predicted molar refractivity (Wildman–Crippen MR) is 42.7 cm³/mol. The van der Waals surface area contributed by atoms with E-state index in [4.69, 9.17) is 16.8 Å². The summed E-state index contributed by atoms with van der Waals surface area (Å²) >= 11 is 0. The van der Waals surface area contributed by atoms with Crippen molar-refractivity contribution in [2.45, 2.75) is 0 Å². The molecule has 0 aliphatic heterocycles. The summed E-state index contributed by atoms with van der Waals surface area (Å²) in [6.45, 7) is 0.900. The van der Waals surface area contributed by atoms with Crippen LogP contribution in [0.15, 0.2) is 11.9 Å². The summed E-state index contributed by atoms with van der Waals surface area (Å²) in [5.41, 5.74) is 8.40. The Kier molecular flexibility index (Phi) is 4.90. The van der Waals surface area contributed by atoms with Gasteiger partial charge in [0.1, 0.15) is 0 Å². The van der Waals surface area contributed by atoms with E-state index in [1.165, 1.54) is 6.20 Å². The number of nitriles is 1. The lowest BCUT2D eigenvalue weighted by molar-refractivity contribution is 0.405. The van der Waals surface area contributed by atoms with E-state index in [2.05, 4.69) is 5.43 Å². The molecule has 0 radical (unpaired) electrons. The summed E-state index contributed by atoms with van der Waals surface area (Å²) in [6.07, 6.45) is 1.49. The maximum Gasteiger partial charge on any atom is 0.0866 e. The van der Waals surface area contributed by atoms with Crippen molar-refractivity contribution in [2.75, 3.05) is 20.1 Å². The molecule has 0 spiro atoms. The Labute approximate surface area is 66.2 Å². The molecule has 0 aliphatic rings. The maximum atomic E-state index is 8.29. The number of rotatable bonds is 4. The second-order valence-corrected chi connectivity index (χ2v) is 2.22. The lowest BCUT2D eigenvalue weighted by atomic mass is 10.4. The minimum absolute atomic E-state index is 0.360. The summed E-state index contributed by atoms with van der Waals surface area (Å²) < 4.78 is 0. The molecule has 0 saturated carbocycles. The number of nitrogens with two attached hydrogens (primary N) is 2. The van der Waals surface area contributed by atoms with Crippen LogP contribution in [0.3, 0.4) is 0 Å². The van der Waals surface area contributed by atoms with E-state index in [1.54, 1.807) is 11.9 Å². The highest BCUT2D eigenvalue weighted by Gasteiger charge is 1.96. The average molecular weight is 155 g/mol. The lowest BCUT2D eigenvalue weighted by Gasteiger charge is -2.11. The zero-order valence-electron chi connectivity index (χ0n) is 6.54. The number of hydrogen-bond acceptors (Lipinski definition) is 5. The first kappa shape index (κ1) is 9.75. The van der Waals surface area contributed by atoms with Gasteiger partial charge in [0.2, 0.25) is 0 Å². The summed E-state index contributed by atoms with van der Waals surface area (Å²) in [7, 11) is 1.81. The van der Waals surface area contributed by atoms with Crippen molar-refractivity contribution < 1.29 is 0 Å². The van der Waals surface area contributed by atoms with Crippen LogP contribution in [-0.4, -0.2) is 25.0 Å². The van der Waals surface area contributed by atoms with E-state index in [9.17, 15) is 0 Å². The molecule has 0 unspecified atom stereocenters. The van der Waals surface area contributed by atoms with Crippen molar-refractivity contribution in [3.8, 4) is 6.07 Å². The van der Waals surface area contributed by atoms with Gasteiger partial charge in [0.15, 0.2) is 0 Å². The van der Waals surface area contributed by atoms with Crippen LogP contribution in [0.4, 0.5) is 0 Å². The standard InChI is InChI=1S/C6H13N5/c1-11(3-2-7)5-6(8)4-10-9/h4,10H,3,5,8-9H2,1H3/b6-4-. The molecule has 0 aliphatic carbocycles. The van der Waals surface area contributed by atoms with Gasteiger partial charge in [0.25, 0.3) is 0 Å². The summed E-state index contributed by atoms with van der Waals surface area (Å²) in [6, 6.07) is 2.01. The van der Waals surface area contributed by atoms with Gasteiger partial charge in [-0.15, -0.1) is 0 Å². The number of likely N-dealkylation sites (N-methyl/N-ethyl adjacent to an activating group) is 1. The largest absolute Gasteiger partial charge is 0.400 e. The molecular weight excluding hydrogens is 142 g/mol. The fourth-order valence-corrected chi connectivity index (χ4v) is 0.641. The van der Waals surface area contributed by atoms with Gasteiger partial charge >= 0.3 is 0 Å². The Morgan fingerprint density at radius 3 is 2.91 bits per heavy atom. The highest BCUT2D eigenvalue weighted by molar-refractivity contribution is 4.97. The molecule has 0 rings (SSSR count). The highest BCUT2D eigenvalue weighted by atomic mass is 15.2. The van der Waals surface area contributed by atoms with E-state index < -0.39 is 0 Å². The van der Waals surface area contributed by atoms with Gasteiger partial charge in [0.05, 0.1) is 12.6 Å². The minimum atomic E-state index is 0.360. The van der Waals surface area contributed by atoms with Crippen LogP contribution in [0.2, 0.25) is 0 Å². The van der Waals surface area contributed by atoms with E-state index in [0.29, 0.717) is 18.8 Å². The Morgan fingerprint density at radius 2 is 2.45 bits per heavy atom. The summed E-state index contributed by atoms with van der Waals surface area (Å²) in [4.78, 5) is 1.78. The zero-order valence-corrected chi connectivity index (χ0v) is 6.54. The van der Waals surface area contributed by atoms with Crippen molar-refractivity contribution in [1.29, 1.82) is 5.26 Å². The van der Waals surface area contributed by atoms with Crippen LogP contribution in [0.5, 0.6) is 0 Å². The number of nitrogens with zero attached hydrogens (tertiary/aromatic N) is 2. The number of nitrogens with one attached hydrogen (secondary N) is 1. The van der Waals surface area contributed by atoms with Crippen LogP contribution in [-0.2, 0) is 0 Å². The normalized spacial score (nSPS) is 11.3. The molecule has 11 heavy (non-hydrogen) atoms. The smallest absolute Gasteiger partial charge is 0.0866 e. The molecule has 0 atom stereocenters. The molecule has 5 nitrogen and oxygen atoms in total. The topological polar surface area (TPSA) is 91.1 Å². The molecule has 5 heteroatoms. The molecule has 62 valence electrons. The van der Waals surface area contributed by atoms with Crippen molar-refractivity contribution in [3.63, 3.8) is 0 Å². The van der Waals surface area contributed by atoms with Gasteiger partial charge in [-0.2, -0.15) is 5.26 Å². The average Bonchev–Trinajstić information content (AvgIpc) is 1.87. The quantitative estimate of drug-likeness (QED) is 0.267. The fraction of sp³-hybridized carbons (Fsp3) is 0.500. The van der Waals surface area contributed by atoms with E-state index >= 15 is 0 Å². The van der Waals surface area contributed by atoms with Crippen LogP contribution >= 0.6 is 0 Å². The third kappa shape index (κ3) is 5.21. The van der Waals surface area contributed by atoms with E-state index in [0.717, 1.165) is 0 Å². The van der Waals surface area contributed by atoms with Crippen LogP contribution in [0.1, 0.15) is 0 Å². The van der Waals surface area contributed by atoms with Crippen molar-refractivity contribution in [3.05, 3.63) is 11.9 Å². The minimum Gasteiger partial charge on any atom is -0.400 e. The Bertz CT molecular complexity index is 168. The maximum absolute atomic E-state index is 8.29. The molecular formula is C6H13N5.